The second-order valence-electron chi connectivity index (χ2n) is 5.81. The largest absolute Gasteiger partial charge is 0.495 e. The van der Waals surface area contributed by atoms with Crippen molar-refractivity contribution < 1.29 is 19.1 Å². The highest BCUT2D eigenvalue weighted by Gasteiger charge is 2.11. The molecule has 0 radical (unpaired) electrons. The van der Waals surface area contributed by atoms with Gasteiger partial charge in [-0.15, -0.1) is 0 Å². The van der Waals surface area contributed by atoms with Gasteiger partial charge in [-0.3, -0.25) is 9.59 Å². The minimum absolute atomic E-state index is 0.0746. The molecule has 0 bridgehead atoms. The van der Waals surface area contributed by atoms with Crippen molar-refractivity contribution in [3.63, 3.8) is 0 Å². The van der Waals surface area contributed by atoms with E-state index in [9.17, 15) is 9.59 Å². The molecule has 0 fully saturated rings. The van der Waals surface area contributed by atoms with E-state index in [1.54, 1.807) is 42.5 Å². The van der Waals surface area contributed by atoms with Gasteiger partial charge in [0.05, 0.1) is 18.2 Å². The molecule has 2 amide bonds. The summed E-state index contributed by atoms with van der Waals surface area (Å²) in [5.74, 6) is 0.363. The zero-order valence-corrected chi connectivity index (χ0v) is 15.6. The Morgan fingerprint density at radius 3 is 2.12 bits per heavy atom. The van der Waals surface area contributed by atoms with Crippen LogP contribution < -0.4 is 20.1 Å². The summed E-state index contributed by atoms with van der Waals surface area (Å²) >= 11 is 6.00. The van der Waals surface area contributed by atoms with Gasteiger partial charge in [0.1, 0.15) is 17.9 Å². The van der Waals surface area contributed by atoms with Crippen molar-refractivity contribution in [1.82, 2.24) is 0 Å². The number of methoxy groups -OCH3 is 1. The first-order valence-corrected chi connectivity index (χ1v) is 8.45. The maximum absolute atomic E-state index is 12.0. The normalized spacial score (nSPS) is 10.3. The third-order valence-electron chi connectivity index (χ3n) is 3.27. The molecule has 0 aliphatic carbocycles. The van der Waals surface area contributed by atoms with Crippen LogP contribution in [0.5, 0.6) is 11.5 Å². The Morgan fingerprint density at radius 2 is 1.58 bits per heavy atom. The van der Waals surface area contributed by atoms with Crippen LogP contribution in [0.15, 0.2) is 42.5 Å². The van der Waals surface area contributed by atoms with Crippen LogP contribution in [0.3, 0.4) is 0 Å². The third kappa shape index (κ3) is 5.97. The van der Waals surface area contributed by atoms with E-state index in [0.29, 0.717) is 27.9 Å². The fraction of sp³-hybridized carbons (Fsp3) is 0.263. The SMILES string of the molecule is COc1ccc(NC(=O)CC(=O)Nc2ccc(OC(C)C)cc2)cc1Cl. The summed E-state index contributed by atoms with van der Waals surface area (Å²) < 4.78 is 10.6. The summed E-state index contributed by atoms with van der Waals surface area (Å²) in [7, 11) is 1.51. The van der Waals surface area contributed by atoms with E-state index in [1.165, 1.54) is 7.11 Å². The fourth-order valence-corrected chi connectivity index (χ4v) is 2.45. The van der Waals surface area contributed by atoms with Gasteiger partial charge in [0.2, 0.25) is 11.8 Å². The highest BCUT2D eigenvalue weighted by Crippen LogP contribution is 2.27. The number of benzene rings is 2. The molecule has 0 saturated carbocycles. The molecule has 26 heavy (non-hydrogen) atoms. The van der Waals surface area contributed by atoms with Gasteiger partial charge >= 0.3 is 0 Å². The predicted octanol–water partition coefficient (Wildman–Crippen LogP) is 4.10. The van der Waals surface area contributed by atoms with Crippen molar-refractivity contribution in [2.75, 3.05) is 17.7 Å². The second-order valence-corrected chi connectivity index (χ2v) is 6.22. The molecule has 6 nitrogen and oxygen atoms in total. The van der Waals surface area contributed by atoms with Crippen molar-refractivity contribution in [3.8, 4) is 11.5 Å². The Morgan fingerprint density at radius 1 is 1.00 bits per heavy atom. The molecule has 2 N–H and O–H groups in total. The number of ether oxygens (including phenoxy) is 2. The maximum atomic E-state index is 12.0. The topological polar surface area (TPSA) is 76.7 Å². The first-order chi connectivity index (χ1) is 12.4. The Labute approximate surface area is 157 Å². The number of hydrogen-bond acceptors (Lipinski definition) is 4. The number of anilines is 2. The first kappa shape index (κ1) is 19.6. The van der Waals surface area contributed by atoms with Gasteiger partial charge in [0, 0.05) is 11.4 Å². The van der Waals surface area contributed by atoms with Crippen LogP contribution in [0, 0.1) is 0 Å². The molecule has 0 aliphatic heterocycles. The smallest absolute Gasteiger partial charge is 0.233 e. The Bertz CT molecular complexity index is 776. The van der Waals surface area contributed by atoms with Gasteiger partial charge in [-0.1, -0.05) is 11.6 Å². The molecule has 0 saturated heterocycles. The highest BCUT2D eigenvalue weighted by atomic mass is 35.5. The van der Waals surface area contributed by atoms with Crippen molar-refractivity contribution in [1.29, 1.82) is 0 Å². The Kier molecular flexibility index (Phi) is 6.86. The minimum Gasteiger partial charge on any atom is -0.495 e. The molecule has 0 unspecified atom stereocenters. The average Bonchev–Trinajstić information content (AvgIpc) is 2.56. The fourth-order valence-electron chi connectivity index (χ4n) is 2.19. The van der Waals surface area contributed by atoms with Gasteiger partial charge in [-0.05, 0) is 56.3 Å². The summed E-state index contributed by atoms with van der Waals surface area (Å²) in [6.07, 6.45) is -0.237. The average molecular weight is 377 g/mol. The van der Waals surface area contributed by atoms with Crippen LogP contribution in [0.2, 0.25) is 5.02 Å². The monoisotopic (exact) mass is 376 g/mol. The molecule has 0 aliphatic rings. The lowest BCUT2D eigenvalue weighted by Gasteiger charge is -2.11. The Balaban J connectivity index is 1.87. The molecule has 0 heterocycles. The van der Waals surface area contributed by atoms with Crippen LogP contribution in [-0.2, 0) is 9.59 Å². The molecular weight excluding hydrogens is 356 g/mol. The lowest BCUT2D eigenvalue weighted by molar-refractivity contribution is -0.123. The maximum Gasteiger partial charge on any atom is 0.233 e. The highest BCUT2D eigenvalue weighted by molar-refractivity contribution is 6.32. The van der Waals surface area contributed by atoms with Crippen LogP contribution in [0.25, 0.3) is 0 Å². The van der Waals surface area contributed by atoms with Crippen LogP contribution >= 0.6 is 11.6 Å². The number of carbonyl (C=O) groups excluding carboxylic acids is 2. The quantitative estimate of drug-likeness (QED) is 0.713. The summed E-state index contributed by atoms with van der Waals surface area (Å²) in [6.45, 7) is 3.87. The third-order valence-corrected chi connectivity index (χ3v) is 3.56. The van der Waals surface area contributed by atoms with E-state index < -0.39 is 11.8 Å². The number of nitrogens with one attached hydrogen (secondary N) is 2. The minimum atomic E-state index is -0.441. The van der Waals surface area contributed by atoms with Crippen molar-refractivity contribution >= 4 is 34.8 Å². The van der Waals surface area contributed by atoms with Gasteiger partial charge in [0.25, 0.3) is 0 Å². The number of hydrogen-bond donors (Lipinski definition) is 2. The zero-order chi connectivity index (χ0) is 19.1. The number of rotatable bonds is 7. The number of halogens is 1. The molecule has 2 aromatic rings. The van der Waals surface area contributed by atoms with Gasteiger partial charge in [0.15, 0.2) is 0 Å². The van der Waals surface area contributed by atoms with Gasteiger partial charge < -0.3 is 20.1 Å². The molecule has 0 spiro atoms. The summed E-state index contributed by atoms with van der Waals surface area (Å²) in [4.78, 5) is 24.0. The van der Waals surface area contributed by atoms with E-state index in [-0.39, 0.29) is 12.5 Å². The molecule has 0 atom stereocenters. The molecule has 2 rings (SSSR count). The lowest BCUT2D eigenvalue weighted by Crippen LogP contribution is -2.21. The zero-order valence-electron chi connectivity index (χ0n) is 14.8. The van der Waals surface area contributed by atoms with E-state index in [2.05, 4.69) is 10.6 Å². The van der Waals surface area contributed by atoms with E-state index >= 15 is 0 Å². The molecular formula is C19H21ClN2O4. The summed E-state index contributed by atoms with van der Waals surface area (Å²) in [6, 6.07) is 11.8. The van der Waals surface area contributed by atoms with Gasteiger partial charge in [-0.25, -0.2) is 0 Å². The second kappa shape index (κ2) is 9.10. The van der Waals surface area contributed by atoms with Crippen LogP contribution in [0.4, 0.5) is 11.4 Å². The van der Waals surface area contributed by atoms with Crippen molar-refractivity contribution in [2.24, 2.45) is 0 Å². The van der Waals surface area contributed by atoms with Crippen LogP contribution in [0.1, 0.15) is 20.3 Å². The van der Waals surface area contributed by atoms with Gasteiger partial charge in [-0.2, -0.15) is 0 Å². The summed E-state index contributed by atoms with van der Waals surface area (Å²) in [5, 5.41) is 5.66. The number of amides is 2. The van der Waals surface area contributed by atoms with E-state index in [0.717, 1.165) is 0 Å². The van der Waals surface area contributed by atoms with Crippen molar-refractivity contribution in [3.05, 3.63) is 47.5 Å². The molecule has 138 valence electrons. The number of carbonyl (C=O) groups is 2. The van der Waals surface area contributed by atoms with Crippen molar-refractivity contribution in [2.45, 2.75) is 26.4 Å². The summed E-state index contributed by atoms with van der Waals surface area (Å²) in [5.41, 5.74) is 1.08. The lowest BCUT2D eigenvalue weighted by atomic mass is 10.2. The standard InChI is InChI=1S/C19H21ClN2O4/c1-12(2)26-15-7-4-13(5-8-15)21-18(23)11-19(24)22-14-6-9-17(25-3)16(20)10-14/h4-10,12H,11H2,1-3H3,(H,21,23)(H,22,24). The van der Waals surface area contributed by atoms with Crippen LogP contribution in [-0.4, -0.2) is 25.0 Å². The molecule has 2 aromatic carbocycles. The van der Waals surface area contributed by atoms with E-state index in [4.69, 9.17) is 21.1 Å². The predicted molar refractivity (Wildman–Crippen MR) is 102 cm³/mol. The first-order valence-electron chi connectivity index (χ1n) is 8.07. The molecule has 0 aromatic heterocycles. The van der Waals surface area contributed by atoms with E-state index in [1.807, 2.05) is 13.8 Å². The molecule has 7 heteroatoms. The Hall–Kier alpha value is -2.73.